The number of rotatable bonds is 2. The highest BCUT2D eigenvalue weighted by Crippen LogP contribution is 2.19. The monoisotopic (exact) mass is 242 g/mol. The van der Waals surface area contributed by atoms with Crippen molar-refractivity contribution in [3.8, 4) is 5.69 Å². The molecule has 0 atom stereocenters. The van der Waals surface area contributed by atoms with Gasteiger partial charge in [0.05, 0.1) is 0 Å². The zero-order chi connectivity index (χ0) is 13.2. The van der Waals surface area contributed by atoms with Gasteiger partial charge in [-0.2, -0.15) is 0 Å². The molecule has 0 fully saturated rings. The van der Waals surface area contributed by atoms with E-state index in [0.717, 1.165) is 11.4 Å². The van der Waals surface area contributed by atoms with Crippen LogP contribution in [0.3, 0.4) is 0 Å². The number of hydrogen-bond donors (Lipinski definition) is 1. The lowest BCUT2D eigenvalue weighted by molar-refractivity contribution is -0.123. The highest BCUT2D eigenvalue weighted by atomic mass is 16.2. The molecular formula is C15H18N2O. The van der Waals surface area contributed by atoms with Crippen LogP contribution >= 0.6 is 0 Å². The second-order valence-electron chi connectivity index (χ2n) is 5.34. The minimum atomic E-state index is -0.385. The van der Waals surface area contributed by atoms with Crippen molar-refractivity contribution >= 4 is 11.6 Å². The Morgan fingerprint density at radius 2 is 1.78 bits per heavy atom. The molecule has 3 heteroatoms. The normalized spacial score (nSPS) is 11.3. The van der Waals surface area contributed by atoms with E-state index in [0.29, 0.717) is 0 Å². The van der Waals surface area contributed by atoms with Gasteiger partial charge in [0.2, 0.25) is 5.91 Å². The van der Waals surface area contributed by atoms with Crippen LogP contribution in [0.25, 0.3) is 5.69 Å². The van der Waals surface area contributed by atoms with Crippen molar-refractivity contribution in [1.29, 1.82) is 0 Å². The molecule has 1 N–H and O–H groups in total. The first kappa shape index (κ1) is 12.4. The summed E-state index contributed by atoms with van der Waals surface area (Å²) in [6.45, 7) is 5.70. The molecule has 94 valence electrons. The Balaban J connectivity index is 2.21. The summed E-state index contributed by atoms with van der Waals surface area (Å²) in [5.74, 6) is 0.0205. The summed E-state index contributed by atoms with van der Waals surface area (Å²) >= 11 is 0. The van der Waals surface area contributed by atoms with E-state index >= 15 is 0 Å². The standard InChI is InChI=1S/C15H18N2O/c1-15(2,3)14(18)16-12-7-6-8-13(11-12)17-9-4-5-10-17/h4-11H,1-3H3,(H,16,18). The van der Waals surface area contributed by atoms with Gasteiger partial charge >= 0.3 is 0 Å². The number of aromatic nitrogens is 1. The first-order chi connectivity index (χ1) is 8.47. The zero-order valence-corrected chi connectivity index (χ0v) is 11.0. The molecule has 1 aromatic heterocycles. The van der Waals surface area contributed by atoms with Crippen LogP contribution in [0.1, 0.15) is 20.8 Å². The van der Waals surface area contributed by atoms with Crippen LogP contribution in [-0.2, 0) is 4.79 Å². The average Bonchev–Trinajstić information content (AvgIpc) is 2.81. The molecule has 0 radical (unpaired) electrons. The predicted octanol–water partition coefficient (Wildman–Crippen LogP) is 3.46. The van der Waals surface area contributed by atoms with Crippen LogP contribution in [-0.4, -0.2) is 10.5 Å². The van der Waals surface area contributed by atoms with Gasteiger partial charge in [-0.05, 0) is 30.3 Å². The van der Waals surface area contributed by atoms with E-state index < -0.39 is 0 Å². The molecule has 0 aliphatic carbocycles. The molecule has 1 aromatic carbocycles. The van der Waals surface area contributed by atoms with Crippen molar-refractivity contribution in [2.45, 2.75) is 20.8 Å². The van der Waals surface area contributed by atoms with Crippen molar-refractivity contribution in [2.24, 2.45) is 5.41 Å². The first-order valence-corrected chi connectivity index (χ1v) is 6.02. The van der Waals surface area contributed by atoms with E-state index in [2.05, 4.69) is 5.32 Å². The topological polar surface area (TPSA) is 34.0 Å². The van der Waals surface area contributed by atoms with Crippen LogP contribution in [0.5, 0.6) is 0 Å². The number of anilines is 1. The summed E-state index contributed by atoms with van der Waals surface area (Å²) in [6.07, 6.45) is 3.95. The molecule has 0 unspecified atom stereocenters. The quantitative estimate of drug-likeness (QED) is 0.859. The highest BCUT2D eigenvalue weighted by Gasteiger charge is 2.21. The number of carbonyl (C=O) groups is 1. The lowest BCUT2D eigenvalue weighted by Crippen LogP contribution is -2.27. The molecule has 1 heterocycles. The van der Waals surface area contributed by atoms with Crippen LogP contribution in [0, 0.1) is 5.41 Å². The average molecular weight is 242 g/mol. The van der Waals surface area contributed by atoms with Crippen molar-refractivity contribution in [3.63, 3.8) is 0 Å². The van der Waals surface area contributed by atoms with Crippen LogP contribution < -0.4 is 5.32 Å². The van der Waals surface area contributed by atoms with Gasteiger partial charge < -0.3 is 9.88 Å². The van der Waals surface area contributed by atoms with Gasteiger partial charge in [0.25, 0.3) is 0 Å². The molecule has 0 aliphatic rings. The van der Waals surface area contributed by atoms with E-state index in [1.165, 1.54) is 0 Å². The maximum absolute atomic E-state index is 11.9. The van der Waals surface area contributed by atoms with Gasteiger partial charge in [-0.1, -0.05) is 26.8 Å². The molecule has 0 saturated heterocycles. The molecule has 1 amide bonds. The molecule has 0 saturated carbocycles. The largest absolute Gasteiger partial charge is 0.326 e. The zero-order valence-electron chi connectivity index (χ0n) is 11.0. The number of nitrogens with zero attached hydrogens (tertiary/aromatic N) is 1. The van der Waals surface area contributed by atoms with Gasteiger partial charge in [-0.25, -0.2) is 0 Å². The smallest absolute Gasteiger partial charge is 0.229 e. The van der Waals surface area contributed by atoms with Gasteiger partial charge in [0.15, 0.2) is 0 Å². The van der Waals surface area contributed by atoms with Gasteiger partial charge in [0, 0.05) is 29.2 Å². The summed E-state index contributed by atoms with van der Waals surface area (Å²) in [5.41, 5.74) is 1.47. The summed E-state index contributed by atoms with van der Waals surface area (Å²) in [4.78, 5) is 11.9. The van der Waals surface area contributed by atoms with Crippen molar-refractivity contribution < 1.29 is 4.79 Å². The highest BCUT2D eigenvalue weighted by molar-refractivity contribution is 5.94. The van der Waals surface area contributed by atoms with E-state index in [-0.39, 0.29) is 11.3 Å². The second-order valence-corrected chi connectivity index (χ2v) is 5.34. The fraction of sp³-hybridized carbons (Fsp3) is 0.267. The molecule has 18 heavy (non-hydrogen) atoms. The van der Waals surface area contributed by atoms with E-state index in [1.54, 1.807) is 0 Å². The Morgan fingerprint density at radius 3 is 2.39 bits per heavy atom. The van der Waals surface area contributed by atoms with Crippen LogP contribution in [0.4, 0.5) is 5.69 Å². The SMILES string of the molecule is CC(C)(C)C(=O)Nc1cccc(-n2cccc2)c1. The summed E-state index contributed by atoms with van der Waals surface area (Å²) in [7, 11) is 0. The van der Waals surface area contributed by atoms with Gasteiger partial charge in [-0.15, -0.1) is 0 Å². The van der Waals surface area contributed by atoms with Crippen molar-refractivity contribution in [2.75, 3.05) is 5.32 Å². The second kappa shape index (κ2) is 4.69. The maximum atomic E-state index is 11.9. The van der Waals surface area contributed by atoms with E-state index in [1.807, 2.05) is 74.1 Å². The number of benzene rings is 1. The lowest BCUT2D eigenvalue weighted by atomic mass is 9.95. The third kappa shape index (κ3) is 2.80. The fourth-order valence-electron chi connectivity index (χ4n) is 1.57. The third-order valence-corrected chi connectivity index (χ3v) is 2.69. The molecule has 2 rings (SSSR count). The number of hydrogen-bond acceptors (Lipinski definition) is 1. The Labute approximate surface area is 107 Å². The first-order valence-electron chi connectivity index (χ1n) is 6.02. The van der Waals surface area contributed by atoms with Gasteiger partial charge in [0.1, 0.15) is 0 Å². The minimum absolute atomic E-state index is 0.0205. The number of amides is 1. The van der Waals surface area contributed by atoms with Crippen LogP contribution in [0.15, 0.2) is 48.8 Å². The Kier molecular flexibility index (Phi) is 3.24. The molecule has 0 aliphatic heterocycles. The van der Waals surface area contributed by atoms with E-state index in [4.69, 9.17) is 0 Å². The third-order valence-electron chi connectivity index (χ3n) is 2.69. The van der Waals surface area contributed by atoms with Crippen LogP contribution in [0.2, 0.25) is 0 Å². The lowest BCUT2D eigenvalue weighted by Gasteiger charge is -2.18. The summed E-state index contributed by atoms with van der Waals surface area (Å²) < 4.78 is 2.01. The molecule has 2 aromatic rings. The minimum Gasteiger partial charge on any atom is -0.326 e. The maximum Gasteiger partial charge on any atom is 0.229 e. The number of nitrogens with one attached hydrogen (secondary N) is 1. The molecule has 0 spiro atoms. The Hall–Kier alpha value is -2.03. The van der Waals surface area contributed by atoms with Gasteiger partial charge in [-0.3, -0.25) is 4.79 Å². The fourth-order valence-corrected chi connectivity index (χ4v) is 1.57. The van der Waals surface area contributed by atoms with Crippen molar-refractivity contribution in [3.05, 3.63) is 48.8 Å². The van der Waals surface area contributed by atoms with Crippen molar-refractivity contribution in [1.82, 2.24) is 4.57 Å². The summed E-state index contributed by atoms with van der Waals surface area (Å²) in [6, 6.07) is 11.8. The molecule has 0 bridgehead atoms. The van der Waals surface area contributed by atoms with E-state index in [9.17, 15) is 4.79 Å². The molecule has 3 nitrogen and oxygen atoms in total. The Bertz CT molecular complexity index is 536. The Morgan fingerprint density at radius 1 is 1.11 bits per heavy atom. The molecular weight excluding hydrogens is 224 g/mol. The summed E-state index contributed by atoms with van der Waals surface area (Å²) in [5, 5.41) is 2.93. The predicted molar refractivity (Wildman–Crippen MR) is 73.9 cm³/mol. The number of carbonyl (C=O) groups excluding carboxylic acids is 1.